The highest BCUT2D eigenvalue weighted by Crippen LogP contribution is 2.37. The van der Waals surface area contributed by atoms with Crippen molar-refractivity contribution >= 4 is 0 Å². The Bertz CT molecular complexity index is 491. The van der Waals surface area contributed by atoms with E-state index in [4.69, 9.17) is 4.74 Å². The van der Waals surface area contributed by atoms with Gasteiger partial charge in [0, 0.05) is 6.42 Å². The normalized spacial score (nSPS) is 23.1. The van der Waals surface area contributed by atoms with Crippen molar-refractivity contribution in [2.45, 2.75) is 24.8 Å². The van der Waals surface area contributed by atoms with E-state index in [-0.39, 0.29) is 6.61 Å². The molecule has 1 aromatic rings. The van der Waals surface area contributed by atoms with Gasteiger partial charge in [-0.2, -0.15) is 13.2 Å². The van der Waals surface area contributed by atoms with Gasteiger partial charge in [-0.05, 0) is 23.8 Å². The molecule has 1 N–H and O–H groups in total. The maximum Gasteiger partial charge on any atom is 0.421 e. The number of hydrogen-bond acceptors (Lipinski definition) is 2. The minimum Gasteiger partial charge on any atom is -0.489 e. The Kier molecular flexibility index (Phi) is 3.66. The fraction of sp³-hybridized carbons (Fsp3) is 0.286. The van der Waals surface area contributed by atoms with Crippen LogP contribution in [0.15, 0.2) is 54.3 Å². The van der Waals surface area contributed by atoms with E-state index in [9.17, 15) is 18.3 Å². The zero-order chi connectivity index (χ0) is 13.9. The van der Waals surface area contributed by atoms with Gasteiger partial charge in [-0.15, -0.1) is 0 Å². The van der Waals surface area contributed by atoms with E-state index in [0.717, 1.165) is 17.7 Å². The van der Waals surface area contributed by atoms with Crippen LogP contribution in [0.2, 0.25) is 0 Å². The third kappa shape index (κ3) is 3.17. The lowest BCUT2D eigenvalue weighted by Crippen LogP contribution is -2.43. The molecule has 1 aromatic carbocycles. The molecular formula is C14H13F3O2. The molecule has 1 aliphatic rings. The van der Waals surface area contributed by atoms with Crippen molar-refractivity contribution in [1.29, 1.82) is 0 Å². The molecule has 0 radical (unpaired) electrons. The second-order valence-electron chi connectivity index (χ2n) is 4.34. The number of allylic oxidation sites excluding steroid dienone is 1. The number of hydrogen-bond donors (Lipinski definition) is 1. The molecule has 0 saturated heterocycles. The Labute approximate surface area is 108 Å². The molecule has 2 rings (SSSR count). The van der Waals surface area contributed by atoms with Gasteiger partial charge in [0.05, 0.1) is 0 Å². The summed E-state index contributed by atoms with van der Waals surface area (Å²) in [6.07, 6.45) is -2.08. The molecule has 1 atom stereocenters. The van der Waals surface area contributed by atoms with Crippen LogP contribution < -0.4 is 0 Å². The van der Waals surface area contributed by atoms with E-state index in [1.165, 1.54) is 6.08 Å². The van der Waals surface area contributed by atoms with Gasteiger partial charge in [0.15, 0.2) is 5.60 Å². The minimum absolute atomic E-state index is 0.279. The Morgan fingerprint density at radius 1 is 1.21 bits per heavy atom. The van der Waals surface area contributed by atoms with Crippen molar-refractivity contribution in [1.82, 2.24) is 0 Å². The van der Waals surface area contributed by atoms with E-state index < -0.39 is 18.2 Å². The molecule has 2 nitrogen and oxygen atoms in total. The number of alkyl halides is 3. The fourth-order valence-electron chi connectivity index (χ4n) is 1.67. The lowest BCUT2D eigenvalue weighted by atomic mass is 9.94. The van der Waals surface area contributed by atoms with E-state index in [0.29, 0.717) is 5.76 Å². The molecule has 0 fully saturated rings. The van der Waals surface area contributed by atoms with Gasteiger partial charge in [-0.3, -0.25) is 0 Å². The number of ether oxygens (including phenoxy) is 1. The van der Waals surface area contributed by atoms with Crippen LogP contribution in [0.5, 0.6) is 0 Å². The lowest BCUT2D eigenvalue weighted by Gasteiger charge is -2.28. The molecular weight excluding hydrogens is 257 g/mol. The molecule has 1 unspecified atom stereocenters. The monoisotopic (exact) mass is 270 g/mol. The first-order valence-corrected chi connectivity index (χ1v) is 5.76. The van der Waals surface area contributed by atoms with Crippen LogP contribution in [0.25, 0.3) is 0 Å². The molecule has 102 valence electrons. The van der Waals surface area contributed by atoms with Crippen molar-refractivity contribution in [3.8, 4) is 0 Å². The second kappa shape index (κ2) is 5.09. The third-order valence-corrected chi connectivity index (χ3v) is 2.88. The maximum absolute atomic E-state index is 12.5. The van der Waals surface area contributed by atoms with Gasteiger partial charge in [0.1, 0.15) is 12.4 Å². The van der Waals surface area contributed by atoms with Crippen LogP contribution in [0.4, 0.5) is 13.2 Å². The summed E-state index contributed by atoms with van der Waals surface area (Å²) in [7, 11) is 0. The summed E-state index contributed by atoms with van der Waals surface area (Å²) in [5.74, 6) is 0.331. The molecule has 1 aliphatic carbocycles. The standard InChI is InChI=1S/C14H13F3O2/c15-14(16,17)13(18)8-6-12(7-9-13)19-10-11-4-2-1-3-5-11/h1-8,18H,9-10H2. The van der Waals surface area contributed by atoms with Crippen LogP contribution in [-0.4, -0.2) is 16.9 Å². The average molecular weight is 270 g/mol. The quantitative estimate of drug-likeness (QED) is 0.912. The highest BCUT2D eigenvalue weighted by atomic mass is 19.4. The van der Waals surface area contributed by atoms with Gasteiger partial charge < -0.3 is 9.84 Å². The van der Waals surface area contributed by atoms with Crippen molar-refractivity contribution in [2.24, 2.45) is 0 Å². The van der Waals surface area contributed by atoms with Crippen molar-refractivity contribution < 1.29 is 23.0 Å². The van der Waals surface area contributed by atoms with E-state index in [1.807, 2.05) is 30.3 Å². The molecule has 0 saturated carbocycles. The molecule has 19 heavy (non-hydrogen) atoms. The molecule has 5 heteroatoms. The zero-order valence-corrected chi connectivity index (χ0v) is 10.0. The Morgan fingerprint density at radius 2 is 1.89 bits per heavy atom. The Balaban J connectivity index is 1.94. The Morgan fingerprint density at radius 3 is 2.42 bits per heavy atom. The second-order valence-corrected chi connectivity index (χ2v) is 4.34. The van der Waals surface area contributed by atoms with Crippen LogP contribution in [0, 0.1) is 0 Å². The third-order valence-electron chi connectivity index (χ3n) is 2.88. The highest BCUT2D eigenvalue weighted by molar-refractivity contribution is 5.25. The lowest BCUT2D eigenvalue weighted by molar-refractivity contribution is -0.238. The van der Waals surface area contributed by atoms with Crippen LogP contribution >= 0.6 is 0 Å². The molecule has 0 aliphatic heterocycles. The number of aliphatic hydroxyl groups is 1. The van der Waals surface area contributed by atoms with Gasteiger partial charge in [0.2, 0.25) is 0 Å². The van der Waals surface area contributed by atoms with Crippen LogP contribution in [-0.2, 0) is 11.3 Å². The number of benzene rings is 1. The van der Waals surface area contributed by atoms with Gasteiger partial charge in [-0.1, -0.05) is 30.3 Å². The summed E-state index contributed by atoms with van der Waals surface area (Å²) in [6, 6.07) is 9.30. The number of halogens is 3. The maximum atomic E-state index is 12.5. The summed E-state index contributed by atoms with van der Waals surface area (Å²) in [6.45, 7) is 0.279. The summed E-state index contributed by atoms with van der Waals surface area (Å²) >= 11 is 0. The molecule has 0 aromatic heterocycles. The molecule has 0 spiro atoms. The topological polar surface area (TPSA) is 29.5 Å². The predicted octanol–water partition coefficient (Wildman–Crippen LogP) is 3.34. The molecule has 0 bridgehead atoms. The first-order valence-electron chi connectivity index (χ1n) is 5.76. The van der Waals surface area contributed by atoms with Crippen molar-refractivity contribution in [3.63, 3.8) is 0 Å². The fourth-order valence-corrected chi connectivity index (χ4v) is 1.67. The van der Waals surface area contributed by atoms with E-state index in [1.54, 1.807) is 0 Å². The summed E-state index contributed by atoms with van der Waals surface area (Å²) < 4.78 is 43.0. The van der Waals surface area contributed by atoms with E-state index >= 15 is 0 Å². The van der Waals surface area contributed by atoms with Crippen LogP contribution in [0.1, 0.15) is 12.0 Å². The van der Waals surface area contributed by atoms with Gasteiger partial charge in [0.25, 0.3) is 0 Å². The predicted molar refractivity (Wildman–Crippen MR) is 64.1 cm³/mol. The Hall–Kier alpha value is -1.75. The smallest absolute Gasteiger partial charge is 0.421 e. The molecule has 0 heterocycles. The van der Waals surface area contributed by atoms with E-state index in [2.05, 4.69) is 0 Å². The summed E-state index contributed by atoms with van der Waals surface area (Å²) in [5, 5.41) is 9.40. The SMILES string of the molecule is OC1(C(F)(F)F)C=CC(OCc2ccccc2)=CC1. The first-order chi connectivity index (χ1) is 8.91. The summed E-state index contributed by atoms with van der Waals surface area (Å²) in [5.41, 5.74) is -1.86. The largest absolute Gasteiger partial charge is 0.489 e. The number of rotatable bonds is 3. The highest BCUT2D eigenvalue weighted by Gasteiger charge is 2.51. The van der Waals surface area contributed by atoms with Crippen molar-refractivity contribution in [3.05, 3.63) is 59.9 Å². The van der Waals surface area contributed by atoms with Gasteiger partial charge >= 0.3 is 6.18 Å². The van der Waals surface area contributed by atoms with Gasteiger partial charge in [-0.25, -0.2) is 0 Å². The van der Waals surface area contributed by atoms with Crippen LogP contribution in [0.3, 0.4) is 0 Å². The summed E-state index contributed by atoms with van der Waals surface area (Å²) in [4.78, 5) is 0. The van der Waals surface area contributed by atoms with Crippen molar-refractivity contribution in [2.75, 3.05) is 0 Å². The average Bonchev–Trinajstić information content (AvgIpc) is 2.38. The molecule has 0 amide bonds. The minimum atomic E-state index is -4.68. The first kappa shape index (κ1) is 13.7. The zero-order valence-electron chi connectivity index (χ0n) is 10.0.